The highest BCUT2D eigenvalue weighted by Gasteiger charge is 2.49. The summed E-state index contributed by atoms with van der Waals surface area (Å²) in [6.07, 6.45) is 5.01. The predicted molar refractivity (Wildman–Crippen MR) is 89.1 cm³/mol. The summed E-state index contributed by atoms with van der Waals surface area (Å²) in [5, 5.41) is 10.9. The molecule has 23 heavy (non-hydrogen) atoms. The summed E-state index contributed by atoms with van der Waals surface area (Å²) in [6.45, 7) is 3.00. The lowest BCUT2D eigenvalue weighted by molar-refractivity contribution is 0.0211. The summed E-state index contributed by atoms with van der Waals surface area (Å²) in [6, 6.07) is 9.84. The summed E-state index contributed by atoms with van der Waals surface area (Å²) >= 11 is 0. The zero-order chi connectivity index (χ0) is 16.0. The fraction of sp³-hybridized carbons (Fsp3) is 0.474. The standard InChI is InChI=1S/C19H22N2O2/c1-19-9-11-21(17(19)8-7-13(22)12-19)18(23)15-4-2-6-16-14(15)5-3-10-20-16/h2-6,10,13,17,22H,7-9,11-12H2,1H3/t13-,17-,19+/m1/s1. The molecule has 0 spiro atoms. The van der Waals surface area contributed by atoms with Crippen molar-refractivity contribution in [2.75, 3.05) is 6.54 Å². The Kier molecular flexibility index (Phi) is 3.38. The van der Waals surface area contributed by atoms with Gasteiger partial charge in [-0.15, -0.1) is 0 Å². The SMILES string of the molecule is C[C@@]12CCN(C(=O)c3cccc4ncccc34)[C@@H]1CC[C@@H](O)C2. The van der Waals surface area contributed by atoms with E-state index in [0.29, 0.717) is 0 Å². The molecule has 2 aromatic rings. The van der Waals surface area contributed by atoms with Crippen LogP contribution in [0.5, 0.6) is 0 Å². The van der Waals surface area contributed by atoms with E-state index >= 15 is 0 Å². The molecule has 2 aliphatic rings. The summed E-state index contributed by atoms with van der Waals surface area (Å²) < 4.78 is 0. The first kappa shape index (κ1) is 14.6. The van der Waals surface area contributed by atoms with Crippen molar-refractivity contribution in [1.29, 1.82) is 0 Å². The fourth-order valence-electron chi connectivity index (χ4n) is 4.50. The fourth-order valence-corrected chi connectivity index (χ4v) is 4.50. The molecule has 1 N–H and O–H groups in total. The molecule has 0 radical (unpaired) electrons. The number of likely N-dealkylation sites (tertiary alicyclic amines) is 1. The van der Waals surface area contributed by atoms with Gasteiger partial charge in [-0.2, -0.15) is 0 Å². The highest BCUT2D eigenvalue weighted by Crippen LogP contribution is 2.47. The topological polar surface area (TPSA) is 53.4 Å². The first-order valence-corrected chi connectivity index (χ1v) is 8.41. The van der Waals surface area contributed by atoms with Gasteiger partial charge in [0.05, 0.1) is 11.6 Å². The van der Waals surface area contributed by atoms with Gasteiger partial charge in [-0.3, -0.25) is 9.78 Å². The van der Waals surface area contributed by atoms with Gasteiger partial charge >= 0.3 is 0 Å². The Bertz CT molecular complexity index is 755. The lowest BCUT2D eigenvalue weighted by Gasteiger charge is -2.41. The molecular weight excluding hydrogens is 288 g/mol. The molecule has 4 rings (SSSR count). The van der Waals surface area contributed by atoms with Gasteiger partial charge < -0.3 is 10.0 Å². The average Bonchev–Trinajstić information content (AvgIpc) is 2.89. The van der Waals surface area contributed by atoms with Gasteiger partial charge in [0, 0.05) is 29.7 Å². The molecule has 2 fully saturated rings. The smallest absolute Gasteiger partial charge is 0.254 e. The molecule has 4 heteroatoms. The zero-order valence-corrected chi connectivity index (χ0v) is 13.4. The second-order valence-corrected chi connectivity index (χ2v) is 7.23. The monoisotopic (exact) mass is 310 g/mol. The number of benzene rings is 1. The van der Waals surface area contributed by atoms with E-state index in [1.807, 2.05) is 35.2 Å². The van der Waals surface area contributed by atoms with E-state index < -0.39 is 0 Å². The van der Waals surface area contributed by atoms with E-state index in [2.05, 4.69) is 11.9 Å². The summed E-state index contributed by atoms with van der Waals surface area (Å²) in [5.74, 6) is 0.105. The third-order valence-electron chi connectivity index (χ3n) is 5.72. The maximum Gasteiger partial charge on any atom is 0.254 e. The molecule has 1 saturated heterocycles. The highest BCUT2D eigenvalue weighted by molar-refractivity contribution is 6.06. The van der Waals surface area contributed by atoms with Gasteiger partial charge in [-0.1, -0.05) is 19.1 Å². The first-order chi connectivity index (χ1) is 11.1. The normalized spacial score (nSPS) is 30.4. The Hall–Kier alpha value is -1.94. The van der Waals surface area contributed by atoms with Crippen molar-refractivity contribution in [3.8, 4) is 0 Å². The first-order valence-electron chi connectivity index (χ1n) is 8.41. The number of amides is 1. The van der Waals surface area contributed by atoms with Crippen LogP contribution in [0.25, 0.3) is 10.9 Å². The van der Waals surface area contributed by atoms with Crippen LogP contribution in [-0.2, 0) is 0 Å². The van der Waals surface area contributed by atoms with Gasteiger partial charge in [0.2, 0.25) is 0 Å². The minimum absolute atomic E-state index is 0.0517. The lowest BCUT2D eigenvalue weighted by Crippen LogP contribution is -2.46. The minimum Gasteiger partial charge on any atom is -0.393 e. The van der Waals surface area contributed by atoms with Crippen molar-refractivity contribution < 1.29 is 9.90 Å². The largest absolute Gasteiger partial charge is 0.393 e. The molecule has 1 aromatic carbocycles. The van der Waals surface area contributed by atoms with Crippen LogP contribution >= 0.6 is 0 Å². The number of fused-ring (bicyclic) bond motifs is 2. The van der Waals surface area contributed by atoms with E-state index in [1.165, 1.54) is 0 Å². The molecule has 120 valence electrons. The van der Waals surface area contributed by atoms with Crippen molar-refractivity contribution in [3.63, 3.8) is 0 Å². The maximum atomic E-state index is 13.2. The number of pyridine rings is 1. The highest BCUT2D eigenvalue weighted by atomic mass is 16.3. The number of carbonyl (C=O) groups is 1. The zero-order valence-electron chi connectivity index (χ0n) is 13.4. The van der Waals surface area contributed by atoms with E-state index in [9.17, 15) is 9.90 Å². The molecule has 0 bridgehead atoms. The minimum atomic E-state index is -0.215. The number of hydrogen-bond acceptors (Lipinski definition) is 3. The Balaban J connectivity index is 1.69. The van der Waals surface area contributed by atoms with Crippen LogP contribution in [0.1, 0.15) is 43.0 Å². The lowest BCUT2D eigenvalue weighted by atomic mass is 9.71. The molecule has 0 unspecified atom stereocenters. The number of aromatic nitrogens is 1. The van der Waals surface area contributed by atoms with Crippen LogP contribution in [0, 0.1) is 5.41 Å². The van der Waals surface area contributed by atoms with Gasteiger partial charge in [-0.25, -0.2) is 0 Å². The van der Waals surface area contributed by atoms with Crippen LogP contribution in [0.2, 0.25) is 0 Å². The Morgan fingerprint density at radius 2 is 2.17 bits per heavy atom. The van der Waals surface area contributed by atoms with Gasteiger partial charge in [0.15, 0.2) is 0 Å². The molecule has 1 aromatic heterocycles. The number of nitrogens with zero attached hydrogens (tertiary/aromatic N) is 2. The van der Waals surface area contributed by atoms with Crippen molar-refractivity contribution >= 4 is 16.8 Å². The van der Waals surface area contributed by atoms with Crippen LogP contribution < -0.4 is 0 Å². The molecule has 1 aliphatic carbocycles. The number of carbonyl (C=O) groups excluding carboxylic acids is 1. The van der Waals surface area contributed by atoms with Crippen LogP contribution in [-0.4, -0.2) is 39.6 Å². The summed E-state index contributed by atoms with van der Waals surface area (Å²) in [5.41, 5.74) is 1.65. The van der Waals surface area contributed by atoms with E-state index in [-0.39, 0.29) is 23.5 Å². The molecular formula is C19H22N2O2. The second kappa shape index (κ2) is 5.31. The number of hydrogen-bond donors (Lipinski definition) is 1. The third-order valence-corrected chi connectivity index (χ3v) is 5.72. The van der Waals surface area contributed by atoms with Crippen molar-refractivity contribution in [1.82, 2.24) is 9.88 Å². The Morgan fingerprint density at radius 3 is 3.04 bits per heavy atom. The molecule has 3 atom stereocenters. The molecule has 4 nitrogen and oxygen atoms in total. The van der Waals surface area contributed by atoms with Gasteiger partial charge in [0.25, 0.3) is 5.91 Å². The van der Waals surface area contributed by atoms with E-state index in [0.717, 1.165) is 48.7 Å². The second-order valence-electron chi connectivity index (χ2n) is 7.23. The van der Waals surface area contributed by atoms with E-state index in [1.54, 1.807) is 6.20 Å². The average molecular weight is 310 g/mol. The Labute approximate surface area is 136 Å². The van der Waals surface area contributed by atoms with E-state index in [4.69, 9.17) is 0 Å². The maximum absolute atomic E-state index is 13.2. The number of aliphatic hydroxyl groups excluding tert-OH is 1. The molecule has 1 amide bonds. The van der Waals surface area contributed by atoms with Crippen LogP contribution in [0.3, 0.4) is 0 Å². The third kappa shape index (κ3) is 2.32. The molecule has 1 aliphatic heterocycles. The van der Waals surface area contributed by atoms with Crippen molar-refractivity contribution in [2.45, 2.75) is 44.8 Å². The van der Waals surface area contributed by atoms with Crippen molar-refractivity contribution in [3.05, 3.63) is 42.1 Å². The van der Waals surface area contributed by atoms with Gasteiger partial charge in [-0.05, 0) is 49.3 Å². The number of aliphatic hydroxyl groups is 1. The quantitative estimate of drug-likeness (QED) is 0.881. The van der Waals surface area contributed by atoms with Gasteiger partial charge in [0.1, 0.15) is 0 Å². The summed E-state index contributed by atoms with van der Waals surface area (Å²) in [7, 11) is 0. The Morgan fingerprint density at radius 1 is 1.30 bits per heavy atom. The van der Waals surface area contributed by atoms with Crippen LogP contribution in [0.4, 0.5) is 0 Å². The molecule has 2 heterocycles. The molecule has 1 saturated carbocycles. The number of rotatable bonds is 1. The van der Waals surface area contributed by atoms with Crippen molar-refractivity contribution in [2.24, 2.45) is 5.41 Å². The predicted octanol–water partition coefficient (Wildman–Crippen LogP) is 3.00. The van der Waals surface area contributed by atoms with Crippen LogP contribution in [0.15, 0.2) is 36.5 Å². The summed E-state index contributed by atoms with van der Waals surface area (Å²) in [4.78, 5) is 19.6.